The Morgan fingerprint density at radius 3 is 2.76 bits per heavy atom. The zero-order valence-corrected chi connectivity index (χ0v) is 18.2. The van der Waals surface area contributed by atoms with E-state index in [0.717, 1.165) is 30.0 Å². The van der Waals surface area contributed by atoms with Crippen LogP contribution in [0.25, 0.3) is 11.5 Å². The molecular weight excluding hydrogens is 481 g/mol. The lowest BCUT2D eigenvalue weighted by molar-refractivity contribution is -0.137. The SMILES string of the molecule is O=C(CSc1nnc(-c2cnccn2)n1Cc1ccco1)Nc1cc(C(F)(F)F)ccc1Cl. The van der Waals surface area contributed by atoms with Crippen molar-refractivity contribution in [1.82, 2.24) is 24.7 Å². The molecule has 0 atom stereocenters. The number of carbonyl (C=O) groups excluding carboxylic acids is 1. The molecule has 4 rings (SSSR count). The molecule has 0 saturated heterocycles. The van der Waals surface area contributed by atoms with E-state index < -0.39 is 17.6 Å². The lowest BCUT2D eigenvalue weighted by Gasteiger charge is -2.12. The van der Waals surface area contributed by atoms with Crippen LogP contribution in [0.2, 0.25) is 5.02 Å². The van der Waals surface area contributed by atoms with Crippen molar-refractivity contribution in [2.45, 2.75) is 17.9 Å². The molecule has 0 fully saturated rings. The summed E-state index contributed by atoms with van der Waals surface area (Å²) in [6, 6.07) is 6.23. The maximum atomic E-state index is 13.0. The number of hydrogen-bond donors (Lipinski definition) is 1. The van der Waals surface area contributed by atoms with Gasteiger partial charge in [0.2, 0.25) is 5.91 Å². The van der Waals surface area contributed by atoms with Crippen molar-refractivity contribution in [3.8, 4) is 11.5 Å². The Balaban J connectivity index is 1.51. The number of nitrogens with zero attached hydrogens (tertiary/aromatic N) is 5. The van der Waals surface area contributed by atoms with Crippen LogP contribution in [-0.2, 0) is 17.5 Å². The number of benzene rings is 1. The average molecular weight is 495 g/mol. The van der Waals surface area contributed by atoms with Crippen LogP contribution in [-0.4, -0.2) is 36.4 Å². The number of halogens is 4. The van der Waals surface area contributed by atoms with E-state index in [-0.39, 0.29) is 23.0 Å². The fourth-order valence-corrected chi connectivity index (χ4v) is 3.72. The second-order valence-electron chi connectivity index (χ2n) is 6.59. The minimum Gasteiger partial charge on any atom is -0.467 e. The Morgan fingerprint density at radius 2 is 2.06 bits per heavy atom. The Hall–Kier alpha value is -3.38. The van der Waals surface area contributed by atoms with E-state index in [1.807, 2.05) is 0 Å². The quantitative estimate of drug-likeness (QED) is 0.369. The normalized spacial score (nSPS) is 11.5. The summed E-state index contributed by atoms with van der Waals surface area (Å²) in [4.78, 5) is 20.7. The van der Waals surface area contributed by atoms with Crippen LogP contribution in [0.15, 0.2) is 64.8 Å². The Kier molecular flexibility index (Phi) is 6.65. The molecule has 1 N–H and O–H groups in total. The van der Waals surface area contributed by atoms with Crippen molar-refractivity contribution in [2.75, 3.05) is 11.1 Å². The number of nitrogens with one attached hydrogen (secondary N) is 1. The van der Waals surface area contributed by atoms with Crippen molar-refractivity contribution in [3.63, 3.8) is 0 Å². The van der Waals surface area contributed by atoms with Crippen LogP contribution in [0, 0.1) is 0 Å². The van der Waals surface area contributed by atoms with Gasteiger partial charge in [-0.05, 0) is 30.3 Å². The third-order valence-electron chi connectivity index (χ3n) is 4.30. The molecule has 3 heterocycles. The van der Waals surface area contributed by atoms with Crippen molar-refractivity contribution < 1.29 is 22.4 Å². The highest BCUT2D eigenvalue weighted by Crippen LogP contribution is 2.34. The molecule has 0 aliphatic heterocycles. The predicted molar refractivity (Wildman–Crippen MR) is 115 cm³/mol. The monoisotopic (exact) mass is 494 g/mol. The molecule has 33 heavy (non-hydrogen) atoms. The second kappa shape index (κ2) is 9.63. The molecule has 8 nitrogen and oxygen atoms in total. The molecule has 0 aliphatic rings. The lowest BCUT2D eigenvalue weighted by Crippen LogP contribution is -2.16. The number of hydrogen-bond acceptors (Lipinski definition) is 7. The van der Waals surface area contributed by atoms with Crippen LogP contribution >= 0.6 is 23.4 Å². The molecule has 1 amide bonds. The largest absolute Gasteiger partial charge is 0.467 e. The third-order valence-corrected chi connectivity index (χ3v) is 5.60. The summed E-state index contributed by atoms with van der Waals surface area (Å²) in [5.74, 6) is 0.337. The Morgan fingerprint density at radius 1 is 1.21 bits per heavy atom. The number of aromatic nitrogens is 5. The second-order valence-corrected chi connectivity index (χ2v) is 7.94. The highest BCUT2D eigenvalue weighted by Gasteiger charge is 2.31. The molecule has 3 aromatic heterocycles. The van der Waals surface area contributed by atoms with Gasteiger partial charge in [0, 0.05) is 12.4 Å². The number of furan rings is 1. The third kappa shape index (κ3) is 5.52. The van der Waals surface area contributed by atoms with E-state index in [0.29, 0.717) is 22.4 Å². The lowest BCUT2D eigenvalue weighted by atomic mass is 10.2. The topological polar surface area (TPSA) is 98.7 Å². The molecule has 0 radical (unpaired) electrons. The van der Waals surface area contributed by atoms with Crippen LogP contribution in [0.1, 0.15) is 11.3 Å². The van der Waals surface area contributed by atoms with E-state index in [9.17, 15) is 18.0 Å². The van der Waals surface area contributed by atoms with Gasteiger partial charge >= 0.3 is 6.18 Å². The van der Waals surface area contributed by atoms with Gasteiger partial charge in [-0.25, -0.2) is 4.98 Å². The fraction of sp³-hybridized carbons (Fsp3) is 0.150. The number of thioether (sulfide) groups is 1. The maximum Gasteiger partial charge on any atom is 0.416 e. The molecular formula is C20H14ClF3N6O2S. The number of carbonyl (C=O) groups is 1. The summed E-state index contributed by atoms with van der Waals surface area (Å²) >= 11 is 6.99. The first kappa shape index (κ1) is 22.8. The molecule has 4 aromatic rings. The molecule has 0 spiro atoms. The van der Waals surface area contributed by atoms with Crippen molar-refractivity contribution in [1.29, 1.82) is 0 Å². The maximum absolute atomic E-state index is 13.0. The van der Waals surface area contributed by atoms with Gasteiger partial charge in [-0.2, -0.15) is 13.2 Å². The molecule has 0 bridgehead atoms. The van der Waals surface area contributed by atoms with Gasteiger partial charge in [-0.1, -0.05) is 23.4 Å². The van der Waals surface area contributed by atoms with Gasteiger partial charge in [-0.3, -0.25) is 14.3 Å². The minimum absolute atomic E-state index is 0.00715. The first-order chi connectivity index (χ1) is 15.8. The van der Waals surface area contributed by atoms with Crippen molar-refractivity contribution >= 4 is 35.0 Å². The van der Waals surface area contributed by atoms with Gasteiger partial charge in [0.15, 0.2) is 11.0 Å². The molecule has 0 saturated carbocycles. The van der Waals surface area contributed by atoms with Gasteiger partial charge in [0.25, 0.3) is 0 Å². The average Bonchev–Trinajstić information content (AvgIpc) is 3.44. The highest BCUT2D eigenvalue weighted by molar-refractivity contribution is 7.99. The van der Waals surface area contributed by atoms with Crippen LogP contribution in [0.5, 0.6) is 0 Å². The standard InChI is InChI=1S/C20H14ClF3N6O2S/c21-14-4-3-12(20(22,23)24)8-15(14)27-17(31)11-33-19-29-28-18(16-9-25-5-6-26-16)30(19)10-13-2-1-7-32-13/h1-9H,10-11H2,(H,27,31). The molecule has 13 heteroatoms. The van der Waals surface area contributed by atoms with Gasteiger partial charge < -0.3 is 9.73 Å². The molecule has 0 aliphatic carbocycles. The molecule has 170 valence electrons. The summed E-state index contributed by atoms with van der Waals surface area (Å²) in [7, 11) is 0. The first-order valence-electron chi connectivity index (χ1n) is 9.32. The first-order valence-corrected chi connectivity index (χ1v) is 10.7. The van der Waals surface area contributed by atoms with E-state index in [1.54, 1.807) is 16.7 Å². The van der Waals surface area contributed by atoms with Crippen molar-refractivity contribution in [3.05, 3.63) is 71.5 Å². The van der Waals surface area contributed by atoms with E-state index >= 15 is 0 Å². The van der Waals surface area contributed by atoms with Gasteiger partial charge in [-0.15, -0.1) is 10.2 Å². The Bertz CT molecular complexity index is 1250. The smallest absolute Gasteiger partial charge is 0.416 e. The number of alkyl halides is 3. The van der Waals surface area contributed by atoms with Crippen LogP contribution < -0.4 is 5.32 Å². The summed E-state index contributed by atoms with van der Waals surface area (Å²) in [6.45, 7) is 0.273. The summed E-state index contributed by atoms with van der Waals surface area (Å²) in [5, 5.41) is 11.1. The zero-order chi connectivity index (χ0) is 23.4. The van der Waals surface area contributed by atoms with Crippen LogP contribution in [0.4, 0.5) is 18.9 Å². The van der Waals surface area contributed by atoms with E-state index in [4.69, 9.17) is 16.0 Å². The summed E-state index contributed by atoms with van der Waals surface area (Å²) < 4.78 is 46.0. The van der Waals surface area contributed by atoms with E-state index in [2.05, 4.69) is 25.5 Å². The number of anilines is 1. The summed E-state index contributed by atoms with van der Waals surface area (Å²) in [5.41, 5.74) is -0.570. The van der Waals surface area contributed by atoms with Crippen molar-refractivity contribution in [2.24, 2.45) is 0 Å². The summed E-state index contributed by atoms with van der Waals surface area (Å²) in [6.07, 6.45) is 1.54. The predicted octanol–water partition coefficient (Wildman–Crippen LogP) is 4.78. The van der Waals surface area contributed by atoms with Crippen LogP contribution in [0.3, 0.4) is 0 Å². The number of rotatable bonds is 7. The van der Waals surface area contributed by atoms with Gasteiger partial charge in [0.1, 0.15) is 11.5 Å². The minimum atomic E-state index is -4.56. The van der Waals surface area contributed by atoms with E-state index in [1.165, 1.54) is 24.9 Å². The zero-order valence-electron chi connectivity index (χ0n) is 16.6. The molecule has 1 aromatic carbocycles. The van der Waals surface area contributed by atoms with Gasteiger partial charge in [0.05, 0.1) is 41.0 Å². The molecule has 0 unspecified atom stereocenters. The fourth-order valence-electron chi connectivity index (χ4n) is 2.81. The highest BCUT2D eigenvalue weighted by atomic mass is 35.5. The Labute approximate surface area is 194 Å². The number of amides is 1.